The molecule has 2 aromatic rings. The summed E-state index contributed by atoms with van der Waals surface area (Å²) in [4.78, 5) is 16.6. The molecular weight excluding hydrogens is 302 g/mol. The molecule has 0 spiro atoms. The topological polar surface area (TPSA) is 38.3 Å². The van der Waals surface area contributed by atoms with Crippen molar-refractivity contribution in [1.82, 2.24) is 5.32 Å². The minimum absolute atomic E-state index is 0.176. The van der Waals surface area contributed by atoms with Crippen LogP contribution in [0, 0.1) is 0 Å². The van der Waals surface area contributed by atoms with Crippen molar-refractivity contribution in [1.29, 1.82) is 0 Å². The van der Waals surface area contributed by atoms with E-state index in [1.54, 1.807) is 21.8 Å². The number of nitrogens with one attached hydrogen (secondary N) is 1. The fourth-order valence-corrected chi connectivity index (χ4v) is 4.82. The number of carbonyl (C=O) groups excluding carboxylic acids is 1. The summed E-state index contributed by atoms with van der Waals surface area (Å²) in [6.07, 6.45) is 4.22. The van der Waals surface area contributed by atoms with E-state index in [4.69, 9.17) is 0 Å². The number of carbonyl (C=O) groups is 1. The maximum Gasteiger partial charge on any atom is 0.310 e. The van der Waals surface area contributed by atoms with Crippen molar-refractivity contribution in [2.24, 2.45) is 0 Å². The second-order valence-electron chi connectivity index (χ2n) is 5.24. The van der Waals surface area contributed by atoms with Crippen LogP contribution in [0.4, 0.5) is 0 Å². The van der Waals surface area contributed by atoms with Gasteiger partial charge in [0, 0.05) is 32.6 Å². The zero-order valence-electron chi connectivity index (χ0n) is 12.1. The standard InChI is InChI=1S/C16H19NO2S2/c1-19-16(18)8-12-5-6-13(20-12)9-17-10-14-7-11-3-2-4-15(11)21-14/h5-7,17H,2-4,8-10H2,1H3. The number of fused-ring (bicyclic) bond motifs is 1. The molecule has 1 aliphatic rings. The summed E-state index contributed by atoms with van der Waals surface area (Å²) in [5, 5.41) is 3.49. The number of rotatable bonds is 6. The predicted octanol–water partition coefficient (Wildman–Crippen LogP) is 3.30. The van der Waals surface area contributed by atoms with Crippen LogP contribution in [0.15, 0.2) is 18.2 Å². The Balaban J connectivity index is 1.47. The van der Waals surface area contributed by atoms with Gasteiger partial charge in [-0.1, -0.05) is 0 Å². The molecule has 5 heteroatoms. The summed E-state index contributed by atoms with van der Waals surface area (Å²) in [6, 6.07) is 6.46. The van der Waals surface area contributed by atoms with E-state index in [2.05, 4.69) is 22.2 Å². The highest BCUT2D eigenvalue weighted by atomic mass is 32.1. The van der Waals surface area contributed by atoms with Gasteiger partial charge in [-0.05, 0) is 43.0 Å². The van der Waals surface area contributed by atoms with Gasteiger partial charge in [0.1, 0.15) is 0 Å². The van der Waals surface area contributed by atoms with Crippen LogP contribution in [0.3, 0.4) is 0 Å². The van der Waals surface area contributed by atoms with E-state index in [0.29, 0.717) is 6.42 Å². The van der Waals surface area contributed by atoms with Gasteiger partial charge < -0.3 is 10.1 Å². The molecular formula is C16H19NO2S2. The van der Waals surface area contributed by atoms with Crippen LogP contribution in [0.1, 0.15) is 31.5 Å². The number of ether oxygens (including phenoxy) is 1. The van der Waals surface area contributed by atoms with Gasteiger partial charge in [-0.3, -0.25) is 4.79 Å². The van der Waals surface area contributed by atoms with Crippen LogP contribution >= 0.6 is 22.7 Å². The van der Waals surface area contributed by atoms with Crippen molar-refractivity contribution >= 4 is 28.6 Å². The first-order chi connectivity index (χ1) is 10.2. The van der Waals surface area contributed by atoms with Crippen molar-refractivity contribution in [2.75, 3.05) is 7.11 Å². The molecule has 0 aliphatic heterocycles. The maximum atomic E-state index is 11.2. The second-order valence-corrected chi connectivity index (χ2v) is 7.71. The molecule has 0 radical (unpaired) electrons. The van der Waals surface area contributed by atoms with Gasteiger partial charge >= 0.3 is 5.97 Å². The summed E-state index contributed by atoms with van der Waals surface area (Å²) in [5.74, 6) is -0.176. The van der Waals surface area contributed by atoms with E-state index in [1.807, 2.05) is 17.4 Å². The number of methoxy groups -OCH3 is 1. The fraction of sp³-hybridized carbons (Fsp3) is 0.438. The molecule has 0 aromatic carbocycles. The Kier molecular flexibility index (Phi) is 4.73. The van der Waals surface area contributed by atoms with Crippen LogP contribution in [0.2, 0.25) is 0 Å². The second kappa shape index (κ2) is 6.73. The molecule has 0 saturated carbocycles. The molecule has 112 valence electrons. The molecule has 1 N–H and O–H groups in total. The fourth-order valence-electron chi connectivity index (χ4n) is 2.61. The Morgan fingerprint density at radius 3 is 2.81 bits per heavy atom. The maximum absolute atomic E-state index is 11.2. The largest absolute Gasteiger partial charge is 0.469 e. The third-order valence-corrected chi connectivity index (χ3v) is 5.98. The number of hydrogen-bond donors (Lipinski definition) is 1. The van der Waals surface area contributed by atoms with Gasteiger partial charge in [0.25, 0.3) is 0 Å². The van der Waals surface area contributed by atoms with E-state index >= 15 is 0 Å². The number of thiophene rings is 2. The summed E-state index contributed by atoms with van der Waals surface area (Å²) in [6.45, 7) is 1.79. The first kappa shape index (κ1) is 14.8. The summed E-state index contributed by atoms with van der Waals surface area (Å²) >= 11 is 3.63. The molecule has 0 bridgehead atoms. The first-order valence-corrected chi connectivity index (χ1v) is 8.83. The highest BCUT2D eigenvalue weighted by molar-refractivity contribution is 7.12. The molecule has 1 aliphatic carbocycles. The lowest BCUT2D eigenvalue weighted by molar-refractivity contribution is -0.139. The molecule has 0 unspecified atom stereocenters. The quantitative estimate of drug-likeness (QED) is 0.830. The molecule has 0 atom stereocenters. The van der Waals surface area contributed by atoms with Crippen LogP contribution in [0.5, 0.6) is 0 Å². The predicted molar refractivity (Wildman–Crippen MR) is 86.9 cm³/mol. The van der Waals surface area contributed by atoms with Gasteiger partial charge in [0.15, 0.2) is 0 Å². The molecule has 0 saturated heterocycles. The summed E-state index contributed by atoms with van der Waals surface area (Å²) in [7, 11) is 1.43. The average Bonchev–Trinajstić information content (AvgIpc) is 3.14. The monoisotopic (exact) mass is 321 g/mol. The highest BCUT2D eigenvalue weighted by Gasteiger charge is 2.14. The van der Waals surface area contributed by atoms with E-state index in [-0.39, 0.29) is 5.97 Å². The van der Waals surface area contributed by atoms with Gasteiger partial charge in [0.2, 0.25) is 0 Å². The molecule has 3 rings (SSSR count). The van der Waals surface area contributed by atoms with Gasteiger partial charge in [-0.15, -0.1) is 22.7 Å². The molecule has 0 fully saturated rings. The van der Waals surface area contributed by atoms with Crippen molar-refractivity contribution < 1.29 is 9.53 Å². The molecule has 2 aromatic heterocycles. The van der Waals surface area contributed by atoms with E-state index < -0.39 is 0 Å². The van der Waals surface area contributed by atoms with Gasteiger partial charge in [-0.2, -0.15) is 0 Å². The average molecular weight is 321 g/mol. The van der Waals surface area contributed by atoms with E-state index in [1.165, 1.54) is 36.1 Å². The number of aryl methyl sites for hydroxylation is 2. The SMILES string of the molecule is COC(=O)Cc1ccc(CNCc2cc3c(s2)CCC3)s1. The van der Waals surface area contributed by atoms with Crippen LogP contribution < -0.4 is 5.32 Å². The third-order valence-electron chi connectivity index (χ3n) is 3.66. The number of hydrogen-bond acceptors (Lipinski definition) is 5. The summed E-state index contributed by atoms with van der Waals surface area (Å²) < 4.78 is 4.69. The number of esters is 1. The minimum atomic E-state index is -0.176. The van der Waals surface area contributed by atoms with E-state index in [0.717, 1.165) is 18.0 Å². The van der Waals surface area contributed by atoms with Gasteiger partial charge in [0.05, 0.1) is 13.5 Å². The Labute approximate surface area is 133 Å². The summed E-state index contributed by atoms with van der Waals surface area (Å²) in [5.41, 5.74) is 1.56. The zero-order chi connectivity index (χ0) is 14.7. The molecule has 0 amide bonds. The zero-order valence-corrected chi connectivity index (χ0v) is 13.7. The Morgan fingerprint density at radius 2 is 2.00 bits per heavy atom. The van der Waals surface area contributed by atoms with Crippen molar-refractivity contribution in [3.8, 4) is 0 Å². The lowest BCUT2D eigenvalue weighted by Gasteiger charge is -2.01. The molecule has 3 nitrogen and oxygen atoms in total. The van der Waals surface area contributed by atoms with Crippen molar-refractivity contribution in [2.45, 2.75) is 38.8 Å². The van der Waals surface area contributed by atoms with Crippen molar-refractivity contribution in [3.05, 3.63) is 43.3 Å². The highest BCUT2D eigenvalue weighted by Crippen LogP contribution is 2.30. The first-order valence-electron chi connectivity index (χ1n) is 7.20. The lowest BCUT2D eigenvalue weighted by Crippen LogP contribution is -2.10. The Bertz CT molecular complexity index is 609. The molecule has 2 heterocycles. The minimum Gasteiger partial charge on any atom is -0.469 e. The van der Waals surface area contributed by atoms with Crippen LogP contribution in [0.25, 0.3) is 0 Å². The van der Waals surface area contributed by atoms with E-state index in [9.17, 15) is 4.79 Å². The van der Waals surface area contributed by atoms with Crippen molar-refractivity contribution in [3.63, 3.8) is 0 Å². The smallest absolute Gasteiger partial charge is 0.310 e. The van der Waals surface area contributed by atoms with Crippen LogP contribution in [-0.2, 0) is 41.9 Å². The normalized spacial score (nSPS) is 13.4. The van der Waals surface area contributed by atoms with Gasteiger partial charge in [-0.25, -0.2) is 0 Å². The lowest BCUT2D eigenvalue weighted by atomic mass is 10.2. The third kappa shape index (κ3) is 3.73. The Morgan fingerprint density at radius 1 is 1.19 bits per heavy atom. The van der Waals surface area contributed by atoms with Crippen LogP contribution in [-0.4, -0.2) is 13.1 Å². The molecule has 21 heavy (non-hydrogen) atoms. The Hall–Kier alpha value is -1.17.